The molecule has 0 fully saturated rings. The van der Waals surface area contributed by atoms with Gasteiger partial charge in [0, 0.05) is 5.69 Å². The normalized spacial score (nSPS) is 12.8. The number of carbonyl (C=O) groups excluding carboxylic acids is 2. The van der Waals surface area contributed by atoms with Gasteiger partial charge in [-0.05, 0) is 49.6 Å². The summed E-state index contributed by atoms with van der Waals surface area (Å²) in [6.45, 7) is 5.53. The zero-order valence-corrected chi connectivity index (χ0v) is 17.4. The van der Waals surface area contributed by atoms with Crippen molar-refractivity contribution >= 4 is 17.5 Å². The minimum absolute atomic E-state index is 0.102. The molecule has 6 heteroatoms. The first kappa shape index (κ1) is 21.3. The fourth-order valence-electron chi connectivity index (χ4n) is 3.29. The summed E-state index contributed by atoms with van der Waals surface area (Å²) in [5.74, 6) is 0.186. The first-order valence-electron chi connectivity index (χ1n) is 9.94. The number of anilines is 1. The molecule has 0 spiro atoms. The molecule has 3 aromatic rings. The average Bonchev–Trinajstić information content (AvgIpc) is 3.28. The number of furan rings is 1. The molecule has 0 aliphatic carbocycles. The van der Waals surface area contributed by atoms with Gasteiger partial charge in [0.1, 0.15) is 5.76 Å². The first-order valence-corrected chi connectivity index (χ1v) is 9.94. The molecule has 3 N–H and O–H groups in total. The zero-order valence-electron chi connectivity index (χ0n) is 17.4. The monoisotopic (exact) mass is 405 g/mol. The van der Waals surface area contributed by atoms with Crippen LogP contribution in [0.2, 0.25) is 0 Å². The molecule has 3 rings (SSSR count). The highest BCUT2D eigenvalue weighted by molar-refractivity contribution is 5.96. The van der Waals surface area contributed by atoms with Crippen molar-refractivity contribution in [3.63, 3.8) is 0 Å². The Labute approximate surface area is 176 Å². The Morgan fingerprint density at radius 1 is 0.933 bits per heavy atom. The van der Waals surface area contributed by atoms with E-state index in [1.165, 1.54) is 0 Å². The number of hydrogen-bond donors (Lipinski definition) is 3. The summed E-state index contributed by atoms with van der Waals surface area (Å²) >= 11 is 0. The molecule has 2 amide bonds. The molecular weight excluding hydrogens is 378 g/mol. The Morgan fingerprint density at radius 3 is 2.27 bits per heavy atom. The second kappa shape index (κ2) is 9.89. The van der Waals surface area contributed by atoms with Crippen molar-refractivity contribution in [2.45, 2.75) is 32.9 Å². The van der Waals surface area contributed by atoms with Gasteiger partial charge in [-0.15, -0.1) is 0 Å². The number of hydrogen-bond acceptors (Lipinski definition) is 4. The molecule has 2 atom stereocenters. The lowest BCUT2D eigenvalue weighted by atomic mass is 10.0. The first-order chi connectivity index (χ1) is 14.5. The summed E-state index contributed by atoms with van der Waals surface area (Å²) < 4.78 is 5.56. The average molecular weight is 405 g/mol. The van der Waals surface area contributed by atoms with Crippen molar-refractivity contribution in [1.82, 2.24) is 10.6 Å². The quantitative estimate of drug-likeness (QED) is 0.533. The number of rotatable bonds is 8. The molecule has 0 saturated heterocycles. The van der Waals surface area contributed by atoms with Gasteiger partial charge in [0.15, 0.2) is 0 Å². The van der Waals surface area contributed by atoms with E-state index in [1.54, 1.807) is 13.2 Å². The van der Waals surface area contributed by atoms with Crippen molar-refractivity contribution in [2.24, 2.45) is 0 Å². The highest BCUT2D eigenvalue weighted by Gasteiger charge is 2.23. The molecule has 6 nitrogen and oxygen atoms in total. The largest absolute Gasteiger partial charge is 0.467 e. The SMILES string of the molecule is Cc1cccc(C)c1NC(=O)CNC(=O)[C@@H](C)N[C@@H](c1ccccc1)c1ccco1. The van der Waals surface area contributed by atoms with Crippen molar-refractivity contribution < 1.29 is 14.0 Å². The van der Waals surface area contributed by atoms with Crippen LogP contribution in [0.25, 0.3) is 0 Å². The van der Waals surface area contributed by atoms with Gasteiger partial charge < -0.3 is 15.1 Å². The molecule has 0 aliphatic heterocycles. The topological polar surface area (TPSA) is 83.4 Å². The maximum atomic E-state index is 12.6. The minimum atomic E-state index is -0.534. The lowest BCUT2D eigenvalue weighted by molar-refractivity contribution is -0.125. The van der Waals surface area contributed by atoms with Gasteiger partial charge in [-0.25, -0.2) is 0 Å². The predicted octanol–water partition coefficient (Wildman–Crippen LogP) is 3.72. The summed E-state index contributed by atoms with van der Waals surface area (Å²) in [5.41, 5.74) is 3.73. The summed E-state index contributed by atoms with van der Waals surface area (Å²) in [5, 5.41) is 8.86. The van der Waals surface area contributed by atoms with Crippen LogP contribution in [0.5, 0.6) is 0 Å². The highest BCUT2D eigenvalue weighted by Crippen LogP contribution is 2.23. The van der Waals surface area contributed by atoms with Gasteiger partial charge >= 0.3 is 0 Å². The van der Waals surface area contributed by atoms with E-state index >= 15 is 0 Å². The third-order valence-corrected chi connectivity index (χ3v) is 4.94. The van der Waals surface area contributed by atoms with Crippen LogP contribution >= 0.6 is 0 Å². The second-order valence-corrected chi connectivity index (χ2v) is 7.28. The van der Waals surface area contributed by atoms with Crippen LogP contribution in [0.1, 0.15) is 35.4 Å². The van der Waals surface area contributed by atoms with Gasteiger partial charge in [-0.2, -0.15) is 0 Å². The molecule has 2 aromatic carbocycles. The molecule has 30 heavy (non-hydrogen) atoms. The van der Waals surface area contributed by atoms with Crippen LogP contribution in [0.4, 0.5) is 5.69 Å². The molecule has 0 aliphatic rings. The molecule has 1 aromatic heterocycles. The number of benzene rings is 2. The lowest BCUT2D eigenvalue weighted by Gasteiger charge is -2.22. The van der Waals surface area contributed by atoms with Crippen LogP contribution in [-0.2, 0) is 9.59 Å². The van der Waals surface area contributed by atoms with E-state index in [-0.39, 0.29) is 24.4 Å². The van der Waals surface area contributed by atoms with E-state index in [1.807, 2.05) is 74.5 Å². The smallest absolute Gasteiger partial charge is 0.243 e. The van der Waals surface area contributed by atoms with E-state index in [0.29, 0.717) is 5.76 Å². The maximum Gasteiger partial charge on any atom is 0.243 e. The minimum Gasteiger partial charge on any atom is -0.467 e. The molecule has 156 valence electrons. The van der Waals surface area contributed by atoms with E-state index in [4.69, 9.17) is 4.42 Å². The van der Waals surface area contributed by atoms with Crippen LogP contribution in [0, 0.1) is 13.8 Å². The van der Waals surface area contributed by atoms with Gasteiger partial charge in [0.05, 0.1) is 24.9 Å². The van der Waals surface area contributed by atoms with Crippen LogP contribution < -0.4 is 16.0 Å². The van der Waals surface area contributed by atoms with Crippen LogP contribution in [0.15, 0.2) is 71.3 Å². The number of amides is 2. The van der Waals surface area contributed by atoms with E-state index in [2.05, 4.69) is 16.0 Å². The Hall–Kier alpha value is -3.38. The molecule has 0 radical (unpaired) electrons. The van der Waals surface area contributed by atoms with E-state index < -0.39 is 6.04 Å². The fraction of sp³-hybridized carbons (Fsp3) is 0.250. The third kappa shape index (κ3) is 5.36. The standard InChI is InChI=1S/C24H27N3O3/c1-16-9-7-10-17(2)22(16)27-21(28)15-25-24(29)18(3)26-23(20-13-8-14-30-20)19-11-5-4-6-12-19/h4-14,18,23,26H,15H2,1-3H3,(H,25,29)(H,27,28)/t18-,23+/m1/s1. The van der Waals surface area contributed by atoms with Crippen LogP contribution in [-0.4, -0.2) is 24.4 Å². The number of nitrogens with one attached hydrogen (secondary N) is 3. The predicted molar refractivity (Wildman–Crippen MR) is 117 cm³/mol. The number of carbonyl (C=O) groups is 2. The van der Waals surface area contributed by atoms with E-state index in [9.17, 15) is 9.59 Å². The van der Waals surface area contributed by atoms with Crippen molar-refractivity contribution in [1.29, 1.82) is 0 Å². The highest BCUT2D eigenvalue weighted by atomic mass is 16.3. The summed E-state index contributed by atoms with van der Waals surface area (Å²) in [4.78, 5) is 24.9. The van der Waals surface area contributed by atoms with E-state index in [0.717, 1.165) is 22.4 Å². The molecule has 0 unspecified atom stereocenters. The lowest BCUT2D eigenvalue weighted by Crippen LogP contribution is -2.46. The Balaban J connectivity index is 1.59. The zero-order chi connectivity index (χ0) is 21.5. The van der Waals surface area contributed by atoms with Crippen molar-refractivity contribution in [3.8, 4) is 0 Å². The van der Waals surface area contributed by atoms with Crippen molar-refractivity contribution in [2.75, 3.05) is 11.9 Å². The summed E-state index contributed by atoms with van der Waals surface area (Å²) in [6.07, 6.45) is 1.61. The number of aryl methyl sites for hydroxylation is 2. The Bertz CT molecular complexity index is 964. The van der Waals surface area contributed by atoms with Gasteiger partial charge in [-0.1, -0.05) is 48.5 Å². The second-order valence-electron chi connectivity index (χ2n) is 7.28. The Kier molecular flexibility index (Phi) is 7.03. The van der Waals surface area contributed by atoms with Crippen LogP contribution in [0.3, 0.4) is 0 Å². The molecule has 1 heterocycles. The van der Waals surface area contributed by atoms with Gasteiger partial charge in [0.2, 0.25) is 11.8 Å². The third-order valence-electron chi connectivity index (χ3n) is 4.94. The Morgan fingerprint density at radius 2 is 1.63 bits per heavy atom. The van der Waals surface area contributed by atoms with Gasteiger partial charge in [-0.3, -0.25) is 14.9 Å². The summed E-state index contributed by atoms with van der Waals surface area (Å²) in [6, 6.07) is 18.5. The molecule has 0 saturated carbocycles. The molecule has 0 bridgehead atoms. The maximum absolute atomic E-state index is 12.6. The fourth-order valence-corrected chi connectivity index (χ4v) is 3.29. The van der Waals surface area contributed by atoms with Gasteiger partial charge in [0.25, 0.3) is 0 Å². The summed E-state index contributed by atoms with van der Waals surface area (Å²) in [7, 11) is 0. The van der Waals surface area contributed by atoms with Crippen molar-refractivity contribution in [3.05, 3.63) is 89.4 Å². The number of para-hydroxylation sites is 1. The molecular formula is C24H27N3O3.